The standard InChI is InChI=1S/C16H17N3O3S/c1-22-13-5-6-14-15(10-18-16(14)8-13)12-4-2-3-11(7-12)9-19-23(17,20)21/h2-8,10,18-19H,9H2,1H3,(H2,17,20,21). The molecule has 0 aliphatic carbocycles. The van der Waals surface area contributed by atoms with Crippen molar-refractivity contribution < 1.29 is 13.2 Å². The second kappa shape index (κ2) is 6.04. The lowest BCUT2D eigenvalue weighted by atomic mass is 10.0. The number of H-pyrrole nitrogens is 1. The Bertz CT molecular complexity index is 948. The van der Waals surface area contributed by atoms with Crippen LogP contribution in [0.15, 0.2) is 48.7 Å². The van der Waals surface area contributed by atoms with E-state index < -0.39 is 10.2 Å². The van der Waals surface area contributed by atoms with Gasteiger partial charge < -0.3 is 9.72 Å². The van der Waals surface area contributed by atoms with Gasteiger partial charge in [0.1, 0.15) is 5.75 Å². The van der Waals surface area contributed by atoms with E-state index in [4.69, 9.17) is 9.88 Å². The Labute approximate surface area is 134 Å². The zero-order chi connectivity index (χ0) is 16.4. The molecule has 0 aliphatic rings. The molecule has 0 saturated heterocycles. The molecule has 0 unspecified atom stereocenters. The van der Waals surface area contributed by atoms with Crippen LogP contribution in [0.25, 0.3) is 22.0 Å². The number of nitrogens with one attached hydrogen (secondary N) is 2. The second-order valence-corrected chi connectivity index (χ2v) is 6.56. The minimum Gasteiger partial charge on any atom is -0.497 e. The van der Waals surface area contributed by atoms with Crippen LogP contribution >= 0.6 is 0 Å². The fraction of sp³-hybridized carbons (Fsp3) is 0.125. The first kappa shape index (κ1) is 15.5. The molecule has 0 atom stereocenters. The third-order valence-electron chi connectivity index (χ3n) is 3.60. The topological polar surface area (TPSA) is 97.2 Å². The van der Waals surface area contributed by atoms with Crippen LogP contribution in [0.3, 0.4) is 0 Å². The monoisotopic (exact) mass is 331 g/mol. The molecular formula is C16H17N3O3S. The molecule has 120 valence electrons. The van der Waals surface area contributed by atoms with Crippen LogP contribution in [0.1, 0.15) is 5.56 Å². The maximum Gasteiger partial charge on any atom is 0.274 e. The Kier molecular flexibility index (Phi) is 4.08. The van der Waals surface area contributed by atoms with Crippen molar-refractivity contribution in [2.45, 2.75) is 6.54 Å². The van der Waals surface area contributed by atoms with Gasteiger partial charge in [-0.15, -0.1) is 0 Å². The van der Waals surface area contributed by atoms with E-state index in [2.05, 4.69) is 9.71 Å². The molecule has 3 rings (SSSR count). The van der Waals surface area contributed by atoms with Gasteiger partial charge in [0.15, 0.2) is 0 Å². The summed E-state index contributed by atoms with van der Waals surface area (Å²) in [4.78, 5) is 3.23. The number of hydrogen-bond donors (Lipinski definition) is 3. The van der Waals surface area contributed by atoms with Gasteiger partial charge in [-0.2, -0.15) is 13.1 Å². The summed E-state index contributed by atoms with van der Waals surface area (Å²) in [5, 5.41) is 6.03. The molecule has 1 heterocycles. The summed E-state index contributed by atoms with van der Waals surface area (Å²) in [6.45, 7) is 0.156. The Morgan fingerprint density at radius 2 is 2.04 bits per heavy atom. The molecule has 4 N–H and O–H groups in total. The van der Waals surface area contributed by atoms with Gasteiger partial charge in [0.05, 0.1) is 7.11 Å². The fourth-order valence-electron chi connectivity index (χ4n) is 2.50. The van der Waals surface area contributed by atoms with Crippen LogP contribution in [0, 0.1) is 0 Å². The second-order valence-electron chi connectivity index (χ2n) is 5.18. The van der Waals surface area contributed by atoms with E-state index in [0.717, 1.165) is 33.3 Å². The quantitative estimate of drug-likeness (QED) is 0.668. The predicted molar refractivity (Wildman–Crippen MR) is 90.2 cm³/mol. The van der Waals surface area contributed by atoms with Gasteiger partial charge in [-0.25, -0.2) is 5.14 Å². The highest BCUT2D eigenvalue weighted by molar-refractivity contribution is 7.87. The number of hydrogen-bond acceptors (Lipinski definition) is 3. The minimum absolute atomic E-state index is 0.156. The van der Waals surface area contributed by atoms with E-state index in [1.165, 1.54) is 0 Å². The molecule has 0 radical (unpaired) electrons. The van der Waals surface area contributed by atoms with Crippen LogP contribution < -0.4 is 14.6 Å². The summed E-state index contributed by atoms with van der Waals surface area (Å²) in [6, 6.07) is 13.5. The largest absolute Gasteiger partial charge is 0.497 e. The lowest BCUT2D eigenvalue weighted by Crippen LogP contribution is -2.30. The van der Waals surface area contributed by atoms with Crippen molar-refractivity contribution in [3.63, 3.8) is 0 Å². The Morgan fingerprint density at radius 3 is 2.78 bits per heavy atom. The third kappa shape index (κ3) is 3.53. The number of aromatic nitrogens is 1. The van der Waals surface area contributed by atoms with E-state index in [1.807, 2.05) is 48.7 Å². The Balaban J connectivity index is 1.96. The van der Waals surface area contributed by atoms with Gasteiger partial charge in [0.25, 0.3) is 10.2 Å². The van der Waals surface area contributed by atoms with Crippen molar-refractivity contribution in [1.29, 1.82) is 0 Å². The highest BCUT2D eigenvalue weighted by Crippen LogP contribution is 2.31. The maximum atomic E-state index is 11.0. The molecule has 0 saturated carbocycles. The average molecular weight is 331 g/mol. The Hall–Kier alpha value is -2.35. The molecule has 0 aliphatic heterocycles. The summed E-state index contributed by atoms with van der Waals surface area (Å²) in [6.07, 6.45) is 1.93. The molecule has 0 bridgehead atoms. The van der Waals surface area contributed by atoms with Crippen LogP contribution in [0.4, 0.5) is 0 Å². The van der Waals surface area contributed by atoms with Crippen molar-refractivity contribution in [2.75, 3.05) is 7.11 Å². The highest BCUT2D eigenvalue weighted by atomic mass is 32.2. The first-order valence-electron chi connectivity index (χ1n) is 6.98. The number of aromatic amines is 1. The first-order valence-corrected chi connectivity index (χ1v) is 8.53. The van der Waals surface area contributed by atoms with Crippen molar-refractivity contribution in [2.24, 2.45) is 5.14 Å². The van der Waals surface area contributed by atoms with Gasteiger partial charge in [-0.05, 0) is 29.3 Å². The molecule has 7 heteroatoms. The molecular weight excluding hydrogens is 314 g/mol. The van der Waals surface area contributed by atoms with Gasteiger partial charge in [-0.1, -0.05) is 18.2 Å². The van der Waals surface area contributed by atoms with Crippen molar-refractivity contribution in [3.05, 3.63) is 54.2 Å². The lowest BCUT2D eigenvalue weighted by Gasteiger charge is -2.06. The minimum atomic E-state index is -3.70. The van der Waals surface area contributed by atoms with Crippen LogP contribution in [0.2, 0.25) is 0 Å². The van der Waals surface area contributed by atoms with Crippen molar-refractivity contribution >= 4 is 21.1 Å². The smallest absolute Gasteiger partial charge is 0.274 e. The number of nitrogens with two attached hydrogens (primary N) is 1. The van der Waals surface area contributed by atoms with Gasteiger partial charge in [0, 0.05) is 35.3 Å². The number of ether oxygens (including phenoxy) is 1. The number of fused-ring (bicyclic) bond motifs is 1. The average Bonchev–Trinajstić information content (AvgIpc) is 2.95. The normalized spacial score (nSPS) is 11.7. The van der Waals surface area contributed by atoms with E-state index >= 15 is 0 Å². The number of rotatable bonds is 5. The van der Waals surface area contributed by atoms with E-state index in [0.29, 0.717) is 0 Å². The zero-order valence-electron chi connectivity index (χ0n) is 12.5. The Morgan fingerprint density at radius 1 is 1.22 bits per heavy atom. The predicted octanol–water partition coefficient (Wildman–Crippen LogP) is 2.14. The SMILES string of the molecule is COc1ccc2c(-c3cccc(CNS(N)(=O)=O)c3)c[nH]c2c1. The maximum absolute atomic E-state index is 11.0. The van der Waals surface area contributed by atoms with Crippen LogP contribution in [-0.2, 0) is 16.8 Å². The summed E-state index contributed by atoms with van der Waals surface area (Å²) in [7, 11) is -2.07. The first-order chi connectivity index (χ1) is 11.0. The molecule has 23 heavy (non-hydrogen) atoms. The van der Waals surface area contributed by atoms with Crippen molar-refractivity contribution in [3.8, 4) is 16.9 Å². The lowest BCUT2D eigenvalue weighted by molar-refractivity contribution is 0.415. The summed E-state index contributed by atoms with van der Waals surface area (Å²) in [5.41, 5.74) is 3.85. The summed E-state index contributed by atoms with van der Waals surface area (Å²) in [5.74, 6) is 0.789. The van der Waals surface area contributed by atoms with Crippen molar-refractivity contribution in [1.82, 2.24) is 9.71 Å². The van der Waals surface area contributed by atoms with Gasteiger partial charge in [-0.3, -0.25) is 0 Å². The van der Waals surface area contributed by atoms with E-state index in [1.54, 1.807) is 7.11 Å². The molecule has 0 amide bonds. The fourth-order valence-corrected chi connectivity index (χ4v) is 2.87. The number of methoxy groups -OCH3 is 1. The third-order valence-corrected chi connectivity index (χ3v) is 4.15. The molecule has 2 aromatic carbocycles. The highest BCUT2D eigenvalue weighted by Gasteiger charge is 2.08. The van der Waals surface area contributed by atoms with E-state index in [-0.39, 0.29) is 6.54 Å². The van der Waals surface area contributed by atoms with Crippen LogP contribution in [-0.4, -0.2) is 20.5 Å². The zero-order valence-corrected chi connectivity index (χ0v) is 13.4. The summed E-state index contributed by atoms with van der Waals surface area (Å²) >= 11 is 0. The molecule has 1 aromatic heterocycles. The van der Waals surface area contributed by atoms with E-state index in [9.17, 15) is 8.42 Å². The van der Waals surface area contributed by atoms with Crippen LogP contribution in [0.5, 0.6) is 5.75 Å². The summed E-state index contributed by atoms with van der Waals surface area (Å²) < 4.78 is 29.5. The molecule has 6 nitrogen and oxygen atoms in total. The molecule has 3 aromatic rings. The molecule has 0 fully saturated rings. The molecule has 0 spiro atoms. The number of benzene rings is 2. The van der Waals surface area contributed by atoms with Gasteiger partial charge in [0.2, 0.25) is 0 Å². The van der Waals surface area contributed by atoms with Gasteiger partial charge >= 0.3 is 0 Å².